The molecule has 0 N–H and O–H groups in total. The molecule has 0 saturated heterocycles. The molecule has 0 bridgehead atoms. The fraction of sp³-hybridized carbons (Fsp3) is 0.571. The average molecular weight is 241 g/mol. The van der Waals surface area contributed by atoms with Gasteiger partial charge in [-0.2, -0.15) is 13.5 Å². The van der Waals surface area contributed by atoms with E-state index in [-0.39, 0.29) is 5.02 Å². The van der Waals surface area contributed by atoms with Gasteiger partial charge in [-0.15, -0.1) is 0 Å². The topological polar surface area (TPSA) is 52.0 Å². The molecule has 1 heterocycles. The Morgan fingerprint density at radius 2 is 2.14 bits per heavy atom. The highest BCUT2D eigenvalue weighted by atomic mass is 35.5. The summed E-state index contributed by atoms with van der Waals surface area (Å²) < 4.78 is 35.4. The lowest BCUT2D eigenvalue weighted by Gasteiger charge is -2.01. The lowest BCUT2D eigenvalue weighted by Crippen LogP contribution is -2.07. The molecule has 0 aliphatic rings. The van der Waals surface area contributed by atoms with Crippen LogP contribution in [-0.4, -0.2) is 18.2 Å². The third-order valence-electron chi connectivity index (χ3n) is 1.68. The van der Waals surface area contributed by atoms with Crippen LogP contribution in [0.4, 0.5) is 3.89 Å². The van der Waals surface area contributed by atoms with Gasteiger partial charge in [0.2, 0.25) is 5.03 Å². The maximum absolute atomic E-state index is 12.8. The third-order valence-corrected chi connectivity index (χ3v) is 3.12. The summed E-state index contributed by atoms with van der Waals surface area (Å²) in [5, 5.41) is 3.15. The predicted molar refractivity (Wildman–Crippen MR) is 50.6 cm³/mol. The lowest BCUT2D eigenvalue weighted by atomic mass is 10.5. The predicted octanol–water partition coefficient (Wildman–Crippen LogP) is 1.91. The number of halogens is 2. The molecule has 0 spiro atoms. The highest BCUT2D eigenvalue weighted by molar-refractivity contribution is 7.86. The summed E-state index contributed by atoms with van der Waals surface area (Å²) in [4.78, 5) is 0. The van der Waals surface area contributed by atoms with Crippen LogP contribution in [0, 0.1) is 6.92 Å². The van der Waals surface area contributed by atoms with Gasteiger partial charge in [-0.1, -0.05) is 22.4 Å². The first kappa shape index (κ1) is 11.5. The van der Waals surface area contributed by atoms with E-state index in [9.17, 15) is 12.3 Å². The van der Waals surface area contributed by atoms with Crippen molar-refractivity contribution in [2.24, 2.45) is 0 Å². The molecule has 0 unspecified atom stereocenters. The molecule has 1 aromatic heterocycles. The molecule has 80 valence electrons. The van der Waals surface area contributed by atoms with Crippen molar-refractivity contribution in [1.29, 1.82) is 0 Å². The van der Waals surface area contributed by atoms with Crippen LogP contribution in [0.1, 0.15) is 19.0 Å². The Morgan fingerprint density at radius 1 is 1.57 bits per heavy atom. The molecular weight excluding hydrogens is 231 g/mol. The van der Waals surface area contributed by atoms with Crippen molar-refractivity contribution >= 4 is 21.8 Å². The number of aryl methyl sites for hydroxylation is 2. The van der Waals surface area contributed by atoms with Gasteiger partial charge in [-0.3, -0.25) is 4.68 Å². The standard InChI is InChI=1S/C7H10ClFN2O2S/c1-3-4-11-7(14(9,12)13)6(8)5(2)10-11/h3-4H2,1-2H3. The fourth-order valence-corrected chi connectivity index (χ4v) is 2.29. The van der Waals surface area contributed by atoms with Gasteiger partial charge < -0.3 is 0 Å². The fourth-order valence-electron chi connectivity index (χ4n) is 1.13. The largest absolute Gasteiger partial charge is 0.350 e. The molecule has 1 rings (SSSR count). The molecule has 0 saturated carbocycles. The van der Waals surface area contributed by atoms with E-state index in [4.69, 9.17) is 11.6 Å². The Morgan fingerprint density at radius 3 is 2.57 bits per heavy atom. The molecular formula is C7H10ClFN2O2S. The molecule has 0 amide bonds. The monoisotopic (exact) mass is 240 g/mol. The van der Waals surface area contributed by atoms with Gasteiger partial charge in [0.15, 0.2) is 0 Å². The van der Waals surface area contributed by atoms with Crippen LogP contribution in [0.25, 0.3) is 0 Å². The molecule has 0 aliphatic carbocycles. The van der Waals surface area contributed by atoms with Crippen LogP contribution in [-0.2, 0) is 16.8 Å². The van der Waals surface area contributed by atoms with E-state index in [1.54, 1.807) is 0 Å². The summed E-state index contributed by atoms with van der Waals surface area (Å²) in [5.41, 5.74) is 0.316. The van der Waals surface area contributed by atoms with Gasteiger partial charge in [0.25, 0.3) is 0 Å². The van der Waals surface area contributed by atoms with Crippen molar-refractivity contribution in [2.45, 2.75) is 31.8 Å². The van der Waals surface area contributed by atoms with Crippen LogP contribution in [0.3, 0.4) is 0 Å². The number of aromatic nitrogens is 2. The molecule has 1 aromatic rings. The Balaban J connectivity index is 3.38. The van der Waals surface area contributed by atoms with E-state index in [0.717, 1.165) is 4.68 Å². The molecule has 4 nitrogen and oxygen atoms in total. The van der Waals surface area contributed by atoms with Gasteiger partial charge in [0.05, 0.1) is 5.69 Å². The van der Waals surface area contributed by atoms with E-state index in [2.05, 4.69) is 5.10 Å². The van der Waals surface area contributed by atoms with E-state index >= 15 is 0 Å². The maximum atomic E-state index is 12.8. The Kier molecular flexibility index (Phi) is 3.16. The Hall–Kier alpha value is -0.620. The number of hydrogen-bond donors (Lipinski definition) is 0. The van der Waals surface area contributed by atoms with E-state index in [1.165, 1.54) is 6.92 Å². The summed E-state index contributed by atoms with van der Waals surface area (Å²) >= 11 is 5.63. The number of nitrogens with zero attached hydrogens (tertiary/aromatic N) is 2. The van der Waals surface area contributed by atoms with Crippen LogP contribution in [0.15, 0.2) is 5.03 Å². The van der Waals surface area contributed by atoms with Crippen LogP contribution in [0.2, 0.25) is 5.02 Å². The van der Waals surface area contributed by atoms with Crippen molar-refractivity contribution in [3.05, 3.63) is 10.7 Å². The summed E-state index contributed by atoms with van der Waals surface area (Å²) in [6.45, 7) is 3.69. The third kappa shape index (κ3) is 2.06. The molecule has 14 heavy (non-hydrogen) atoms. The maximum Gasteiger partial charge on any atom is 0.350 e. The first-order chi connectivity index (χ1) is 6.38. The zero-order chi connectivity index (χ0) is 10.9. The quantitative estimate of drug-likeness (QED) is 0.759. The zero-order valence-electron chi connectivity index (χ0n) is 7.79. The van der Waals surface area contributed by atoms with Crippen LogP contribution in [0.5, 0.6) is 0 Å². The van der Waals surface area contributed by atoms with Gasteiger partial charge in [-0.05, 0) is 13.3 Å². The lowest BCUT2D eigenvalue weighted by molar-refractivity contribution is 0.505. The van der Waals surface area contributed by atoms with Gasteiger partial charge >= 0.3 is 10.2 Å². The van der Waals surface area contributed by atoms with E-state index in [1.807, 2.05) is 6.92 Å². The molecule has 0 fully saturated rings. The minimum absolute atomic E-state index is 0.138. The van der Waals surface area contributed by atoms with Gasteiger partial charge in [0, 0.05) is 6.54 Å². The minimum atomic E-state index is -4.80. The van der Waals surface area contributed by atoms with Crippen molar-refractivity contribution < 1.29 is 12.3 Å². The summed E-state index contributed by atoms with van der Waals surface area (Å²) in [6, 6.07) is 0. The SMILES string of the molecule is CCCn1nc(C)c(Cl)c1S(=O)(=O)F. The first-order valence-electron chi connectivity index (χ1n) is 4.05. The normalized spacial score (nSPS) is 12.0. The smallest absolute Gasteiger partial charge is 0.250 e. The van der Waals surface area contributed by atoms with Crippen LogP contribution < -0.4 is 0 Å². The summed E-state index contributed by atoms with van der Waals surface area (Å²) in [6.07, 6.45) is 0.653. The first-order valence-corrected chi connectivity index (χ1v) is 5.81. The molecule has 0 atom stereocenters. The van der Waals surface area contributed by atoms with Crippen LogP contribution >= 0.6 is 11.6 Å². The average Bonchev–Trinajstić information content (AvgIpc) is 2.27. The second-order valence-electron chi connectivity index (χ2n) is 2.87. The highest BCUT2D eigenvalue weighted by Crippen LogP contribution is 2.26. The van der Waals surface area contributed by atoms with Crippen molar-refractivity contribution in [1.82, 2.24) is 9.78 Å². The molecule has 0 aliphatic heterocycles. The second-order valence-corrected chi connectivity index (χ2v) is 4.51. The summed E-state index contributed by atoms with van der Waals surface area (Å²) in [7, 11) is -4.80. The minimum Gasteiger partial charge on any atom is -0.250 e. The highest BCUT2D eigenvalue weighted by Gasteiger charge is 2.25. The second kappa shape index (κ2) is 3.86. The van der Waals surface area contributed by atoms with Gasteiger partial charge in [0.1, 0.15) is 5.02 Å². The van der Waals surface area contributed by atoms with Crippen molar-refractivity contribution in [3.63, 3.8) is 0 Å². The van der Waals surface area contributed by atoms with E-state index < -0.39 is 15.2 Å². The van der Waals surface area contributed by atoms with Gasteiger partial charge in [-0.25, -0.2) is 0 Å². The zero-order valence-corrected chi connectivity index (χ0v) is 9.36. The number of hydrogen-bond acceptors (Lipinski definition) is 3. The molecule has 0 radical (unpaired) electrons. The number of rotatable bonds is 3. The molecule has 0 aromatic carbocycles. The van der Waals surface area contributed by atoms with Crippen molar-refractivity contribution in [3.8, 4) is 0 Å². The van der Waals surface area contributed by atoms with Crippen molar-refractivity contribution in [2.75, 3.05) is 0 Å². The Bertz CT molecular complexity index is 441. The Labute approximate surface area is 86.9 Å². The van der Waals surface area contributed by atoms with E-state index in [0.29, 0.717) is 18.7 Å². The summed E-state index contributed by atoms with van der Waals surface area (Å²) in [5.74, 6) is 0. The molecule has 7 heteroatoms.